The Bertz CT molecular complexity index is 629. The zero-order valence-corrected chi connectivity index (χ0v) is 12.0. The molecule has 1 aliphatic rings. The Balaban J connectivity index is 1.83. The summed E-state index contributed by atoms with van der Waals surface area (Å²) < 4.78 is 5.35. The predicted octanol–water partition coefficient (Wildman–Crippen LogP) is 3.48. The van der Waals surface area contributed by atoms with Crippen LogP contribution in [0.4, 0.5) is 0 Å². The Kier molecular flexibility index (Phi) is 3.52. The van der Waals surface area contributed by atoms with Crippen molar-refractivity contribution in [1.82, 2.24) is 0 Å². The molecule has 0 amide bonds. The van der Waals surface area contributed by atoms with Crippen molar-refractivity contribution < 1.29 is 14.6 Å². The van der Waals surface area contributed by atoms with Gasteiger partial charge in [0.1, 0.15) is 6.10 Å². The summed E-state index contributed by atoms with van der Waals surface area (Å²) in [5.41, 5.74) is 2.20. The van der Waals surface area contributed by atoms with E-state index in [-0.39, 0.29) is 18.5 Å². The van der Waals surface area contributed by atoms with Crippen molar-refractivity contribution in [3.05, 3.63) is 60.2 Å². The Labute approximate surface area is 124 Å². The maximum Gasteiger partial charge on any atom is 0.309 e. The topological polar surface area (TPSA) is 46.5 Å². The lowest BCUT2D eigenvalue weighted by Gasteiger charge is -2.33. The Morgan fingerprint density at radius 3 is 2.29 bits per heavy atom. The summed E-state index contributed by atoms with van der Waals surface area (Å²) in [7, 11) is 0. The minimum atomic E-state index is -0.988. The zero-order chi connectivity index (χ0) is 14.9. The molecule has 21 heavy (non-hydrogen) atoms. The van der Waals surface area contributed by atoms with E-state index in [1.165, 1.54) is 0 Å². The van der Waals surface area contributed by atoms with Crippen molar-refractivity contribution in [2.24, 2.45) is 0 Å². The largest absolute Gasteiger partial charge is 0.457 e. The Morgan fingerprint density at radius 2 is 1.67 bits per heavy atom. The molecule has 3 nitrogen and oxygen atoms in total. The monoisotopic (exact) mass is 282 g/mol. The van der Waals surface area contributed by atoms with Crippen LogP contribution < -0.4 is 0 Å². The van der Waals surface area contributed by atoms with Gasteiger partial charge in [-0.3, -0.25) is 4.79 Å². The Morgan fingerprint density at radius 1 is 1.05 bits per heavy atom. The number of esters is 1. The average Bonchev–Trinajstić information content (AvgIpc) is 2.46. The highest BCUT2D eigenvalue weighted by atomic mass is 16.5. The van der Waals surface area contributed by atoms with Crippen LogP contribution in [0.2, 0.25) is 0 Å². The first-order valence-corrected chi connectivity index (χ1v) is 7.11. The van der Waals surface area contributed by atoms with Gasteiger partial charge in [0.05, 0.1) is 12.0 Å². The average molecular weight is 282 g/mol. The molecule has 1 fully saturated rings. The first-order chi connectivity index (χ1) is 10.0. The van der Waals surface area contributed by atoms with E-state index in [1.54, 1.807) is 6.92 Å². The van der Waals surface area contributed by atoms with Gasteiger partial charge in [0, 0.05) is 6.42 Å². The van der Waals surface area contributed by atoms with Crippen molar-refractivity contribution in [3.63, 3.8) is 0 Å². The van der Waals surface area contributed by atoms with Crippen LogP contribution in [0.15, 0.2) is 54.6 Å². The summed E-state index contributed by atoms with van der Waals surface area (Å²) in [6, 6.07) is 18.1. The van der Waals surface area contributed by atoms with Crippen molar-refractivity contribution in [2.45, 2.75) is 31.5 Å². The molecule has 2 atom stereocenters. The maximum atomic E-state index is 11.6. The first-order valence-electron chi connectivity index (χ1n) is 7.11. The lowest BCUT2D eigenvalue weighted by Crippen LogP contribution is -2.37. The van der Waals surface area contributed by atoms with Crippen molar-refractivity contribution in [3.8, 4) is 11.1 Å². The molecule has 3 heteroatoms. The molecule has 2 aromatic rings. The van der Waals surface area contributed by atoms with E-state index in [2.05, 4.69) is 12.1 Å². The van der Waals surface area contributed by atoms with E-state index < -0.39 is 5.60 Å². The van der Waals surface area contributed by atoms with Crippen molar-refractivity contribution in [1.29, 1.82) is 0 Å². The number of aliphatic hydroxyl groups is 1. The minimum Gasteiger partial charge on any atom is -0.457 e. The van der Waals surface area contributed by atoms with E-state index in [0.29, 0.717) is 6.42 Å². The molecule has 0 radical (unpaired) electrons. The number of carbonyl (C=O) groups is 1. The molecule has 1 heterocycles. The molecule has 3 rings (SSSR count). The molecule has 2 aromatic carbocycles. The van der Waals surface area contributed by atoms with E-state index in [1.807, 2.05) is 42.5 Å². The van der Waals surface area contributed by atoms with Gasteiger partial charge in [0.2, 0.25) is 0 Å². The number of rotatable bonds is 2. The van der Waals surface area contributed by atoms with Gasteiger partial charge in [-0.25, -0.2) is 0 Å². The fourth-order valence-corrected chi connectivity index (χ4v) is 2.73. The highest BCUT2D eigenvalue weighted by Crippen LogP contribution is 2.35. The van der Waals surface area contributed by atoms with Gasteiger partial charge in [-0.1, -0.05) is 54.6 Å². The smallest absolute Gasteiger partial charge is 0.309 e. The molecular formula is C18H18O3. The van der Waals surface area contributed by atoms with Crippen LogP contribution in [-0.4, -0.2) is 16.7 Å². The molecule has 108 valence electrons. The highest BCUT2D eigenvalue weighted by molar-refractivity contribution is 5.72. The summed E-state index contributed by atoms with van der Waals surface area (Å²) in [5.74, 6) is -0.344. The lowest BCUT2D eigenvalue weighted by atomic mass is 9.88. The number of hydrogen-bond acceptors (Lipinski definition) is 3. The summed E-state index contributed by atoms with van der Waals surface area (Å²) >= 11 is 0. The molecule has 1 N–H and O–H groups in total. The van der Waals surface area contributed by atoms with Gasteiger partial charge in [-0.2, -0.15) is 0 Å². The normalized spacial score (nSPS) is 25.4. The second-order valence-electron chi connectivity index (χ2n) is 5.84. The summed E-state index contributed by atoms with van der Waals surface area (Å²) in [5, 5.41) is 10.1. The molecule has 2 unspecified atom stereocenters. The number of carbonyl (C=O) groups excluding carboxylic acids is 1. The summed E-state index contributed by atoms with van der Waals surface area (Å²) in [6.07, 6.45) is 0.126. The molecule has 0 bridgehead atoms. The molecule has 0 spiro atoms. The molecule has 0 aromatic heterocycles. The third kappa shape index (κ3) is 3.14. The maximum absolute atomic E-state index is 11.6. The third-order valence-corrected chi connectivity index (χ3v) is 3.81. The predicted molar refractivity (Wildman–Crippen MR) is 80.6 cm³/mol. The Hall–Kier alpha value is -2.13. The zero-order valence-electron chi connectivity index (χ0n) is 12.0. The van der Waals surface area contributed by atoms with Crippen molar-refractivity contribution in [2.75, 3.05) is 0 Å². The molecule has 0 aliphatic carbocycles. The van der Waals surface area contributed by atoms with E-state index in [4.69, 9.17) is 4.74 Å². The van der Waals surface area contributed by atoms with Crippen LogP contribution in [0.1, 0.15) is 31.4 Å². The van der Waals surface area contributed by atoms with Gasteiger partial charge >= 0.3 is 5.97 Å². The second kappa shape index (κ2) is 5.34. The van der Waals surface area contributed by atoms with E-state index in [9.17, 15) is 9.90 Å². The lowest BCUT2D eigenvalue weighted by molar-refractivity contribution is -0.168. The second-order valence-corrected chi connectivity index (χ2v) is 5.84. The summed E-state index contributed by atoms with van der Waals surface area (Å²) in [6.45, 7) is 1.68. The molecule has 0 saturated carbocycles. The van der Waals surface area contributed by atoms with Gasteiger partial charge in [0.15, 0.2) is 0 Å². The quantitative estimate of drug-likeness (QED) is 0.858. The standard InChI is InChI=1S/C18H18O3/c1-18(20)11-16(21-17(19)12-18)15-9-7-14(8-10-15)13-5-3-2-4-6-13/h2-10,16,20H,11-12H2,1H3. The van der Waals surface area contributed by atoms with E-state index >= 15 is 0 Å². The highest BCUT2D eigenvalue weighted by Gasteiger charge is 2.36. The third-order valence-electron chi connectivity index (χ3n) is 3.81. The van der Waals surface area contributed by atoms with Gasteiger partial charge in [-0.15, -0.1) is 0 Å². The summed E-state index contributed by atoms with van der Waals surface area (Å²) in [4.78, 5) is 11.6. The fraction of sp³-hybridized carbons (Fsp3) is 0.278. The molecular weight excluding hydrogens is 264 g/mol. The number of ether oxygens (including phenoxy) is 1. The van der Waals surface area contributed by atoms with Crippen LogP contribution in [-0.2, 0) is 9.53 Å². The van der Waals surface area contributed by atoms with Crippen LogP contribution in [0.3, 0.4) is 0 Å². The fourth-order valence-electron chi connectivity index (χ4n) is 2.73. The van der Waals surface area contributed by atoms with Gasteiger partial charge in [-0.05, 0) is 23.6 Å². The SMILES string of the molecule is CC1(O)CC(=O)OC(c2ccc(-c3ccccc3)cc2)C1. The number of hydrogen-bond donors (Lipinski definition) is 1. The van der Waals surface area contributed by atoms with Crippen LogP contribution in [0.25, 0.3) is 11.1 Å². The van der Waals surface area contributed by atoms with Gasteiger partial charge in [0.25, 0.3) is 0 Å². The first kappa shape index (κ1) is 13.8. The van der Waals surface area contributed by atoms with Crippen molar-refractivity contribution >= 4 is 5.97 Å². The number of benzene rings is 2. The van der Waals surface area contributed by atoms with Gasteiger partial charge < -0.3 is 9.84 Å². The minimum absolute atomic E-state index is 0.0611. The van der Waals surface area contributed by atoms with Crippen LogP contribution in [0, 0.1) is 0 Å². The van der Waals surface area contributed by atoms with E-state index in [0.717, 1.165) is 16.7 Å². The molecule has 1 aliphatic heterocycles. The molecule has 1 saturated heterocycles. The van der Waals surface area contributed by atoms with Crippen LogP contribution >= 0.6 is 0 Å². The number of cyclic esters (lactones) is 1. The van der Waals surface area contributed by atoms with Crippen LogP contribution in [0.5, 0.6) is 0 Å².